The highest BCUT2D eigenvalue weighted by Crippen LogP contribution is 2.45. The Morgan fingerprint density at radius 1 is 0.703 bits per heavy atom. The fourth-order valence-electron chi connectivity index (χ4n) is 5.04. The first-order valence-electron chi connectivity index (χ1n) is 12.4. The zero-order valence-electron chi connectivity index (χ0n) is 22.0. The van der Waals surface area contributed by atoms with Crippen molar-refractivity contribution in [3.05, 3.63) is 129 Å². The van der Waals surface area contributed by atoms with Crippen LogP contribution in [0.3, 0.4) is 0 Å². The molecule has 0 unspecified atom stereocenters. The lowest BCUT2D eigenvalue weighted by atomic mass is 9.73. The van der Waals surface area contributed by atoms with E-state index in [1.165, 1.54) is 0 Å². The summed E-state index contributed by atoms with van der Waals surface area (Å²) in [6.45, 7) is 7.80. The lowest BCUT2D eigenvalue weighted by Crippen LogP contribution is -2.39. The predicted octanol–water partition coefficient (Wildman–Crippen LogP) is 5.76. The van der Waals surface area contributed by atoms with Gasteiger partial charge in [-0.2, -0.15) is 0 Å². The molecule has 0 saturated heterocycles. The van der Waals surface area contributed by atoms with Gasteiger partial charge in [0.2, 0.25) is 5.91 Å². The number of amides is 1. The average Bonchev–Trinajstić information content (AvgIpc) is 2.92. The molecule has 0 atom stereocenters. The summed E-state index contributed by atoms with van der Waals surface area (Å²) in [5.74, 6) is -1.10. The molecule has 0 aromatic heterocycles. The van der Waals surface area contributed by atoms with Crippen molar-refractivity contribution in [1.29, 1.82) is 0 Å². The Morgan fingerprint density at radius 3 is 1.65 bits per heavy atom. The number of carbonyl (C=O) groups is 3. The summed E-state index contributed by atoms with van der Waals surface area (Å²) >= 11 is 0. The van der Waals surface area contributed by atoms with E-state index in [9.17, 15) is 14.4 Å². The van der Waals surface area contributed by atoms with Crippen molar-refractivity contribution in [2.45, 2.75) is 33.6 Å². The molecule has 1 aliphatic heterocycles. The molecule has 0 spiro atoms. The second-order valence-electron chi connectivity index (χ2n) is 9.37. The van der Waals surface area contributed by atoms with Crippen LogP contribution in [-0.4, -0.2) is 36.0 Å². The Kier molecular flexibility index (Phi) is 7.53. The van der Waals surface area contributed by atoms with Crippen LogP contribution in [0.5, 0.6) is 0 Å². The number of likely N-dealkylation sites (N-methyl/N-ethyl adjacent to an activating group) is 1. The second kappa shape index (κ2) is 10.8. The standard InChI is InChI=1S/C32H32N2O3/c1-20-13-12-18-26(21(20)2)30-28(31(36)24-14-8-6-9-15-24)22(3)34(19-27(35)33-5)23(4)29(30)32(37)25-16-10-7-11-17-25/h6-18,30H,19H2,1-5H3,(H,33,35). The van der Waals surface area contributed by atoms with Crippen molar-refractivity contribution in [2.75, 3.05) is 13.6 Å². The lowest BCUT2D eigenvalue weighted by Gasteiger charge is -2.39. The molecule has 1 amide bonds. The number of rotatable bonds is 7. The molecule has 5 nitrogen and oxygen atoms in total. The summed E-state index contributed by atoms with van der Waals surface area (Å²) in [7, 11) is 1.58. The van der Waals surface area contributed by atoms with Crippen LogP contribution in [0.15, 0.2) is 101 Å². The third-order valence-electron chi connectivity index (χ3n) is 7.27. The van der Waals surface area contributed by atoms with E-state index in [0.29, 0.717) is 33.7 Å². The molecule has 0 radical (unpaired) electrons. The van der Waals surface area contributed by atoms with E-state index in [1.54, 1.807) is 36.2 Å². The highest BCUT2D eigenvalue weighted by atomic mass is 16.2. The molecule has 0 saturated carbocycles. The Bertz CT molecular complexity index is 1340. The van der Waals surface area contributed by atoms with Gasteiger partial charge in [0.05, 0.1) is 0 Å². The first-order valence-corrected chi connectivity index (χ1v) is 12.4. The number of Topliss-reactive ketones (excluding diaryl/α,β-unsaturated/α-hetero) is 2. The van der Waals surface area contributed by atoms with Gasteiger partial charge in [0.15, 0.2) is 11.6 Å². The minimum atomic E-state index is -0.582. The predicted molar refractivity (Wildman–Crippen MR) is 146 cm³/mol. The molecule has 3 aromatic rings. The Hall–Kier alpha value is -4.25. The van der Waals surface area contributed by atoms with Gasteiger partial charge in [-0.15, -0.1) is 0 Å². The summed E-state index contributed by atoms with van der Waals surface area (Å²) in [5.41, 5.74) is 6.47. The van der Waals surface area contributed by atoms with E-state index in [4.69, 9.17) is 0 Å². The van der Waals surface area contributed by atoms with E-state index in [0.717, 1.165) is 16.7 Å². The zero-order valence-corrected chi connectivity index (χ0v) is 22.0. The maximum absolute atomic E-state index is 14.2. The van der Waals surface area contributed by atoms with Crippen molar-refractivity contribution in [2.24, 2.45) is 0 Å². The van der Waals surface area contributed by atoms with E-state index >= 15 is 0 Å². The first kappa shape index (κ1) is 25.8. The van der Waals surface area contributed by atoms with Crippen molar-refractivity contribution in [3.63, 3.8) is 0 Å². The van der Waals surface area contributed by atoms with Crippen molar-refractivity contribution < 1.29 is 14.4 Å². The molecule has 0 aliphatic carbocycles. The Balaban J connectivity index is 2.04. The monoisotopic (exact) mass is 492 g/mol. The quantitative estimate of drug-likeness (QED) is 0.426. The molecule has 4 rings (SSSR count). The topological polar surface area (TPSA) is 66.5 Å². The number of carbonyl (C=O) groups excluding carboxylic acids is 3. The molecule has 37 heavy (non-hydrogen) atoms. The minimum Gasteiger partial charge on any atom is -0.358 e. The fourth-order valence-corrected chi connectivity index (χ4v) is 5.04. The molecular formula is C32H32N2O3. The number of nitrogens with zero attached hydrogens (tertiary/aromatic N) is 1. The van der Waals surface area contributed by atoms with Crippen LogP contribution in [0.2, 0.25) is 0 Å². The molecule has 0 bridgehead atoms. The Labute approximate surface area is 218 Å². The van der Waals surface area contributed by atoms with Crippen molar-refractivity contribution >= 4 is 17.5 Å². The zero-order chi connectivity index (χ0) is 26.7. The smallest absolute Gasteiger partial charge is 0.239 e. The average molecular weight is 493 g/mol. The third-order valence-corrected chi connectivity index (χ3v) is 7.27. The largest absolute Gasteiger partial charge is 0.358 e. The summed E-state index contributed by atoms with van der Waals surface area (Å²) in [5, 5.41) is 2.67. The molecule has 1 aliphatic rings. The molecule has 3 aromatic carbocycles. The highest BCUT2D eigenvalue weighted by Gasteiger charge is 2.40. The molecule has 188 valence electrons. The van der Waals surface area contributed by atoms with Gasteiger partial charge in [-0.05, 0) is 44.4 Å². The second-order valence-corrected chi connectivity index (χ2v) is 9.37. The summed E-state index contributed by atoms with van der Waals surface area (Å²) in [6, 6.07) is 24.2. The highest BCUT2D eigenvalue weighted by molar-refractivity contribution is 6.16. The maximum Gasteiger partial charge on any atom is 0.239 e. The summed E-state index contributed by atoms with van der Waals surface area (Å²) < 4.78 is 0. The molecular weight excluding hydrogens is 460 g/mol. The van der Waals surface area contributed by atoms with Gasteiger partial charge in [0, 0.05) is 46.6 Å². The van der Waals surface area contributed by atoms with E-state index < -0.39 is 5.92 Å². The van der Waals surface area contributed by atoms with Crippen LogP contribution < -0.4 is 5.32 Å². The van der Waals surface area contributed by atoms with Crippen LogP contribution in [0.4, 0.5) is 0 Å². The minimum absolute atomic E-state index is 0.00479. The van der Waals surface area contributed by atoms with Crippen LogP contribution in [0.1, 0.15) is 57.2 Å². The lowest BCUT2D eigenvalue weighted by molar-refractivity contribution is -0.121. The fraction of sp³-hybridized carbons (Fsp3) is 0.219. The number of hydrogen-bond acceptors (Lipinski definition) is 4. The molecule has 1 N–H and O–H groups in total. The SMILES string of the molecule is CNC(=O)CN1C(C)=C(C(=O)c2ccccc2)C(c2cccc(C)c2C)C(C(=O)c2ccccc2)=C1C. The number of ketones is 2. The van der Waals surface area contributed by atoms with E-state index in [-0.39, 0.29) is 24.0 Å². The van der Waals surface area contributed by atoms with E-state index in [1.807, 2.05) is 82.3 Å². The summed E-state index contributed by atoms with van der Waals surface area (Å²) in [4.78, 5) is 42.7. The Morgan fingerprint density at radius 2 is 1.19 bits per heavy atom. The normalized spacial score (nSPS) is 14.1. The molecule has 0 fully saturated rings. The number of allylic oxidation sites excluding steroid dienone is 4. The van der Waals surface area contributed by atoms with Gasteiger partial charge < -0.3 is 10.2 Å². The molecule has 1 heterocycles. The van der Waals surface area contributed by atoms with E-state index in [2.05, 4.69) is 5.32 Å². The van der Waals surface area contributed by atoms with Gasteiger partial charge >= 0.3 is 0 Å². The molecule has 5 heteroatoms. The number of hydrogen-bond donors (Lipinski definition) is 1. The number of benzene rings is 3. The van der Waals surface area contributed by atoms with Crippen LogP contribution >= 0.6 is 0 Å². The maximum atomic E-state index is 14.2. The van der Waals surface area contributed by atoms with Gasteiger partial charge in [-0.25, -0.2) is 0 Å². The van der Waals surface area contributed by atoms with Gasteiger partial charge in [-0.3, -0.25) is 14.4 Å². The van der Waals surface area contributed by atoms with Crippen molar-refractivity contribution in [1.82, 2.24) is 10.2 Å². The third kappa shape index (κ3) is 4.90. The van der Waals surface area contributed by atoms with Crippen LogP contribution in [-0.2, 0) is 4.79 Å². The van der Waals surface area contributed by atoms with Crippen LogP contribution in [0.25, 0.3) is 0 Å². The van der Waals surface area contributed by atoms with Crippen molar-refractivity contribution in [3.8, 4) is 0 Å². The van der Waals surface area contributed by atoms with Gasteiger partial charge in [0.1, 0.15) is 6.54 Å². The number of aryl methyl sites for hydroxylation is 1. The van der Waals surface area contributed by atoms with Gasteiger partial charge in [0.25, 0.3) is 0 Å². The van der Waals surface area contributed by atoms with Gasteiger partial charge in [-0.1, -0.05) is 78.9 Å². The number of nitrogens with one attached hydrogen (secondary N) is 1. The summed E-state index contributed by atoms with van der Waals surface area (Å²) in [6.07, 6.45) is 0. The first-order chi connectivity index (χ1) is 17.8. The van der Waals surface area contributed by atoms with Crippen LogP contribution in [0, 0.1) is 13.8 Å².